The van der Waals surface area contributed by atoms with E-state index in [2.05, 4.69) is 6.92 Å². The van der Waals surface area contributed by atoms with Crippen molar-refractivity contribution in [1.82, 2.24) is 0 Å². The molecule has 0 nitrogen and oxygen atoms in total. The van der Waals surface area contributed by atoms with Crippen molar-refractivity contribution in [3.8, 4) is 0 Å². The molecule has 8 aliphatic carbocycles. The molecule has 0 spiro atoms. The van der Waals surface area contributed by atoms with Crippen molar-refractivity contribution >= 4 is 9.90 Å². The zero-order valence-corrected chi connectivity index (χ0v) is 19.9. The summed E-state index contributed by atoms with van der Waals surface area (Å²) in [6.45, 7) is 2.40. The Morgan fingerprint density at radius 1 is 0.731 bits per heavy atom. The zero-order valence-electron chi connectivity index (χ0n) is 17.0. The van der Waals surface area contributed by atoms with Crippen molar-refractivity contribution in [2.75, 3.05) is 0 Å². The SMILES string of the molecule is CCC[CH2][Pd][CH]1C2CC3CC(C2)CC1(C12CC4CC(CC(C4)C1)C2)C3.P. The summed E-state index contributed by atoms with van der Waals surface area (Å²) in [7, 11) is 0. The van der Waals surface area contributed by atoms with E-state index in [1.807, 2.05) is 0 Å². The molecule has 8 bridgehead atoms. The maximum absolute atomic E-state index is 2.40. The third kappa shape index (κ3) is 2.65. The molecule has 0 saturated heterocycles. The van der Waals surface area contributed by atoms with Crippen LogP contribution < -0.4 is 0 Å². The Balaban J connectivity index is 0.00000150. The largest absolute Gasteiger partial charge is 0.153 e. The van der Waals surface area contributed by atoms with E-state index in [-0.39, 0.29) is 9.90 Å². The van der Waals surface area contributed by atoms with Crippen LogP contribution in [0.15, 0.2) is 0 Å². The minimum Gasteiger partial charge on any atom is -0.153 e. The van der Waals surface area contributed by atoms with Gasteiger partial charge in [0.1, 0.15) is 0 Å². The molecular formula is C24H41PPd. The van der Waals surface area contributed by atoms with E-state index in [1.165, 1.54) is 23.2 Å². The van der Waals surface area contributed by atoms with Gasteiger partial charge in [-0.15, -0.1) is 0 Å². The number of rotatable bonds is 5. The first kappa shape index (κ1) is 19.1. The van der Waals surface area contributed by atoms with Gasteiger partial charge in [0.2, 0.25) is 0 Å². The van der Waals surface area contributed by atoms with Gasteiger partial charge in [-0.05, 0) is 0 Å². The van der Waals surface area contributed by atoms with Gasteiger partial charge in [-0.3, -0.25) is 0 Å². The topological polar surface area (TPSA) is 0 Å². The third-order valence-electron chi connectivity index (χ3n) is 9.91. The van der Waals surface area contributed by atoms with Crippen molar-refractivity contribution in [2.24, 2.45) is 46.3 Å². The molecule has 0 aliphatic heterocycles. The van der Waals surface area contributed by atoms with E-state index in [9.17, 15) is 0 Å². The molecule has 26 heavy (non-hydrogen) atoms. The minimum atomic E-state index is 0. The molecular weight excluding hydrogens is 426 g/mol. The summed E-state index contributed by atoms with van der Waals surface area (Å²) in [6, 6.07) is 0. The van der Waals surface area contributed by atoms with Crippen LogP contribution in [0.4, 0.5) is 0 Å². The van der Waals surface area contributed by atoms with Crippen LogP contribution in [-0.4, -0.2) is 0 Å². The first-order valence-electron chi connectivity index (χ1n) is 11.7. The maximum atomic E-state index is 2.40. The van der Waals surface area contributed by atoms with Crippen LogP contribution in [-0.2, 0) is 18.0 Å². The van der Waals surface area contributed by atoms with E-state index in [0.29, 0.717) is 0 Å². The van der Waals surface area contributed by atoms with Gasteiger partial charge < -0.3 is 0 Å². The Kier molecular flexibility index (Phi) is 5.00. The van der Waals surface area contributed by atoms with Gasteiger partial charge in [0, 0.05) is 0 Å². The van der Waals surface area contributed by atoms with Gasteiger partial charge in [0.15, 0.2) is 0 Å². The Morgan fingerprint density at radius 2 is 1.23 bits per heavy atom. The Bertz CT molecular complexity index is 493. The van der Waals surface area contributed by atoms with Gasteiger partial charge in [-0.1, -0.05) is 0 Å². The van der Waals surface area contributed by atoms with E-state index in [0.717, 1.165) is 58.4 Å². The predicted molar refractivity (Wildman–Crippen MR) is 111 cm³/mol. The van der Waals surface area contributed by atoms with E-state index in [4.69, 9.17) is 0 Å². The van der Waals surface area contributed by atoms with Crippen LogP contribution in [0, 0.1) is 46.3 Å². The molecule has 0 heterocycles. The summed E-state index contributed by atoms with van der Waals surface area (Å²) in [5.74, 6) is 6.94. The van der Waals surface area contributed by atoms with Crippen molar-refractivity contribution in [3.05, 3.63) is 0 Å². The average Bonchev–Trinajstić information content (AvgIpc) is 2.55. The molecule has 8 fully saturated rings. The molecule has 152 valence electrons. The molecule has 0 N–H and O–H groups in total. The normalized spacial score (nSPS) is 56.1. The predicted octanol–water partition coefficient (Wildman–Crippen LogP) is 7.18. The second-order valence-corrected chi connectivity index (χ2v) is 13.8. The fourth-order valence-electron chi connectivity index (χ4n) is 9.88. The van der Waals surface area contributed by atoms with Crippen molar-refractivity contribution < 1.29 is 18.0 Å². The van der Waals surface area contributed by atoms with Crippen molar-refractivity contribution in [2.45, 2.75) is 99.7 Å². The summed E-state index contributed by atoms with van der Waals surface area (Å²) in [4.78, 5) is 1.59. The van der Waals surface area contributed by atoms with E-state index in [1.54, 1.807) is 75.5 Å². The second-order valence-electron chi connectivity index (χ2n) is 11.5. The number of unbranched alkanes of at least 4 members (excludes halogenated alkanes) is 1. The fourth-order valence-corrected chi connectivity index (χ4v) is 13.6. The number of hydrogen-bond acceptors (Lipinski definition) is 0. The quantitative estimate of drug-likeness (QED) is 0.229. The molecule has 0 aromatic carbocycles. The second kappa shape index (κ2) is 6.82. The Morgan fingerprint density at radius 3 is 1.73 bits per heavy atom. The fraction of sp³-hybridized carbons (Fsp3) is 1.00. The van der Waals surface area contributed by atoms with Crippen LogP contribution in [0.25, 0.3) is 0 Å². The van der Waals surface area contributed by atoms with Crippen molar-refractivity contribution in [1.29, 1.82) is 0 Å². The van der Waals surface area contributed by atoms with Gasteiger partial charge in [0.05, 0.1) is 0 Å². The standard InChI is InChI=1S/C20H29.C4H9.H3P.Pd/c1-13-2-15-3-14(1)8-19(7-13,9-15)20-10-16-4-17(11-20)6-18(5-16)12-20;1-3-4-2;;/h7,13-18H,1-6,8-12H2;1,3-4H2,2H3;1H3;. The molecule has 8 aliphatic rings. The van der Waals surface area contributed by atoms with Gasteiger partial charge in [0.25, 0.3) is 0 Å². The first-order chi connectivity index (χ1) is 12.2. The summed E-state index contributed by atoms with van der Waals surface area (Å²) in [5.41, 5.74) is 1.69. The van der Waals surface area contributed by atoms with Gasteiger partial charge >= 0.3 is 164 Å². The smallest absolute Gasteiger partial charge is 0.153 e. The molecule has 4 atom stereocenters. The van der Waals surface area contributed by atoms with Crippen LogP contribution >= 0.6 is 9.90 Å². The molecule has 0 aromatic heterocycles. The molecule has 0 radical (unpaired) electrons. The third-order valence-corrected chi connectivity index (χ3v) is 13.2. The molecule has 8 saturated carbocycles. The molecule has 4 unspecified atom stereocenters. The Labute approximate surface area is 173 Å². The minimum absolute atomic E-state index is 0. The van der Waals surface area contributed by atoms with Crippen LogP contribution in [0.5, 0.6) is 0 Å². The van der Waals surface area contributed by atoms with Crippen LogP contribution in [0.1, 0.15) is 90.4 Å². The summed E-state index contributed by atoms with van der Waals surface area (Å²) >= 11 is 1.09. The Hall–Kier alpha value is 1.09. The van der Waals surface area contributed by atoms with Crippen LogP contribution in [0.2, 0.25) is 9.28 Å². The zero-order chi connectivity index (χ0) is 16.6. The van der Waals surface area contributed by atoms with Crippen molar-refractivity contribution in [3.63, 3.8) is 0 Å². The summed E-state index contributed by atoms with van der Waals surface area (Å²) in [5, 5.41) is 0. The molecule has 0 amide bonds. The maximum Gasteiger partial charge on any atom is -0.153 e. The molecule has 0 aromatic rings. The average molecular weight is 467 g/mol. The number of hydrogen-bond donors (Lipinski definition) is 0. The monoisotopic (exact) mass is 466 g/mol. The van der Waals surface area contributed by atoms with Crippen LogP contribution in [0.3, 0.4) is 0 Å². The molecule has 2 heteroatoms. The van der Waals surface area contributed by atoms with Gasteiger partial charge in [-0.25, -0.2) is 0 Å². The van der Waals surface area contributed by atoms with E-state index >= 15 is 0 Å². The van der Waals surface area contributed by atoms with E-state index < -0.39 is 0 Å². The molecule has 8 rings (SSSR count). The summed E-state index contributed by atoms with van der Waals surface area (Å²) in [6.07, 6.45) is 21.2. The first-order valence-corrected chi connectivity index (χ1v) is 13.7. The van der Waals surface area contributed by atoms with Gasteiger partial charge in [-0.2, -0.15) is 9.90 Å². The summed E-state index contributed by atoms with van der Waals surface area (Å²) < 4.78 is 1.19.